The summed E-state index contributed by atoms with van der Waals surface area (Å²) < 4.78 is 5.47. The molecule has 7 heteroatoms. The Kier molecular flexibility index (Phi) is 7.68. The maximum atomic E-state index is 13.1. The van der Waals surface area contributed by atoms with E-state index < -0.39 is 0 Å². The second-order valence-electron chi connectivity index (χ2n) is 12.9. The van der Waals surface area contributed by atoms with Crippen LogP contribution >= 0.6 is 0 Å². The molecule has 2 saturated carbocycles. The number of aryl methyl sites for hydroxylation is 1. The lowest BCUT2D eigenvalue weighted by Crippen LogP contribution is -2.46. The molecule has 3 aliphatic heterocycles. The Labute approximate surface area is 239 Å². The highest BCUT2D eigenvalue weighted by molar-refractivity contribution is 5.97. The highest BCUT2D eigenvalue weighted by Gasteiger charge is 2.45. The Morgan fingerprint density at radius 1 is 0.950 bits per heavy atom. The van der Waals surface area contributed by atoms with Gasteiger partial charge in [-0.3, -0.25) is 9.69 Å². The van der Waals surface area contributed by atoms with Gasteiger partial charge in [-0.1, -0.05) is 6.42 Å². The molecule has 7 nitrogen and oxygen atoms in total. The van der Waals surface area contributed by atoms with E-state index in [1.54, 1.807) is 0 Å². The van der Waals surface area contributed by atoms with E-state index in [0.29, 0.717) is 24.3 Å². The summed E-state index contributed by atoms with van der Waals surface area (Å²) in [5.41, 5.74) is 4.66. The van der Waals surface area contributed by atoms with Gasteiger partial charge in [-0.2, -0.15) is 0 Å². The minimum absolute atomic E-state index is 0.299. The number of fused-ring (bicyclic) bond motifs is 3. The molecule has 1 aromatic carbocycles. The number of nitrogens with zero attached hydrogens (tertiary/aromatic N) is 4. The lowest BCUT2D eigenvalue weighted by Gasteiger charge is -2.38. The summed E-state index contributed by atoms with van der Waals surface area (Å²) in [7, 11) is 0. The molecule has 4 fully saturated rings. The standard InChI is InChI=1S/C33H45N5O2/c39-33-10-5-27-23-34-32(22-31(27)38(33)30-21-25-3-4-26(30)20-25)35-28-6-8-29(9-7-28)37-14-11-24(12-15-37)2-1-13-36-16-18-40-19-17-36/h6-9,22-26,30H,1-5,10-21H2,(H,34,35). The number of morpholine rings is 1. The number of carbonyl (C=O) groups excluding carboxylic acids is 1. The first kappa shape index (κ1) is 26.3. The predicted molar refractivity (Wildman–Crippen MR) is 160 cm³/mol. The van der Waals surface area contributed by atoms with Crippen molar-refractivity contribution in [1.29, 1.82) is 0 Å². The molecule has 0 spiro atoms. The fourth-order valence-corrected chi connectivity index (χ4v) is 8.16. The fourth-order valence-electron chi connectivity index (χ4n) is 8.16. The molecule has 2 aromatic rings. The van der Waals surface area contributed by atoms with Crippen LogP contribution in [0.3, 0.4) is 0 Å². The Balaban J connectivity index is 0.936. The molecule has 3 unspecified atom stereocenters. The minimum atomic E-state index is 0.299. The summed E-state index contributed by atoms with van der Waals surface area (Å²) in [5, 5.41) is 3.52. The van der Waals surface area contributed by atoms with Crippen LogP contribution in [0.2, 0.25) is 0 Å². The normalized spacial score (nSPS) is 27.3. The zero-order valence-electron chi connectivity index (χ0n) is 23.9. The highest BCUT2D eigenvalue weighted by Crippen LogP contribution is 2.49. The molecule has 214 valence electrons. The van der Waals surface area contributed by atoms with E-state index in [9.17, 15) is 4.79 Å². The number of hydrogen-bond donors (Lipinski definition) is 1. The largest absolute Gasteiger partial charge is 0.379 e. The van der Waals surface area contributed by atoms with Crippen molar-refractivity contribution < 1.29 is 9.53 Å². The van der Waals surface area contributed by atoms with Gasteiger partial charge >= 0.3 is 0 Å². The molecule has 7 rings (SSSR count). The third-order valence-corrected chi connectivity index (χ3v) is 10.4. The third-order valence-electron chi connectivity index (χ3n) is 10.4. The van der Waals surface area contributed by atoms with Crippen molar-refractivity contribution in [2.45, 2.75) is 70.3 Å². The number of pyridine rings is 1. The topological polar surface area (TPSA) is 60.9 Å². The molecule has 2 aliphatic carbocycles. The van der Waals surface area contributed by atoms with Crippen LogP contribution in [0.1, 0.15) is 63.4 Å². The monoisotopic (exact) mass is 543 g/mol. The maximum absolute atomic E-state index is 13.1. The van der Waals surface area contributed by atoms with Crippen molar-refractivity contribution in [3.8, 4) is 0 Å². The summed E-state index contributed by atoms with van der Waals surface area (Å²) in [6.45, 7) is 7.53. The van der Waals surface area contributed by atoms with Crippen molar-refractivity contribution in [1.82, 2.24) is 9.88 Å². The van der Waals surface area contributed by atoms with Crippen LogP contribution in [0, 0.1) is 17.8 Å². The van der Waals surface area contributed by atoms with E-state index >= 15 is 0 Å². The van der Waals surface area contributed by atoms with Crippen LogP contribution in [0.15, 0.2) is 36.5 Å². The lowest BCUT2D eigenvalue weighted by molar-refractivity contribution is -0.119. The van der Waals surface area contributed by atoms with E-state index in [4.69, 9.17) is 9.72 Å². The Bertz CT molecular complexity index is 1170. The number of aromatic nitrogens is 1. The molecular weight excluding hydrogens is 498 g/mol. The molecule has 1 N–H and O–H groups in total. The van der Waals surface area contributed by atoms with Gasteiger partial charge in [-0.05, 0) is 105 Å². The van der Waals surface area contributed by atoms with Gasteiger partial charge in [0.1, 0.15) is 5.82 Å². The summed E-state index contributed by atoms with van der Waals surface area (Å²) in [6, 6.07) is 11.3. The molecular formula is C33H45N5O2. The molecule has 5 aliphatic rings. The Morgan fingerprint density at radius 3 is 2.52 bits per heavy atom. The summed E-state index contributed by atoms with van der Waals surface area (Å²) >= 11 is 0. The Hall–Kier alpha value is -2.64. The van der Waals surface area contributed by atoms with Crippen LogP contribution in [-0.4, -0.2) is 67.8 Å². The predicted octanol–water partition coefficient (Wildman–Crippen LogP) is 5.62. The number of hydrogen-bond acceptors (Lipinski definition) is 6. The summed E-state index contributed by atoms with van der Waals surface area (Å²) in [6.07, 6.45) is 13.8. The Morgan fingerprint density at radius 2 is 1.77 bits per heavy atom. The quantitative estimate of drug-likeness (QED) is 0.466. The molecule has 3 atom stereocenters. The van der Waals surface area contributed by atoms with E-state index in [-0.39, 0.29) is 0 Å². The molecule has 40 heavy (non-hydrogen) atoms. The average Bonchev–Trinajstić information content (AvgIpc) is 3.63. The number of rotatable bonds is 8. The van der Waals surface area contributed by atoms with E-state index in [2.05, 4.69) is 50.3 Å². The zero-order valence-corrected chi connectivity index (χ0v) is 23.9. The van der Waals surface area contributed by atoms with E-state index in [1.807, 2.05) is 6.20 Å². The first-order valence-electron chi connectivity index (χ1n) is 15.9. The molecule has 2 bridgehead atoms. The highest BCUT2D eigenvalue weighted by atomic mass is 16.5. The smallest absolute Gasteiger partial charge is 0.227 e. The molecule has 2 saturated heterocycles. The van der Waals surface area contributed by atoms with Crippen LogP contribution in [0.25, 0.3) is 0 Å². The van der Waals surface area contributed by atoms with Gasteiger partial charge in [0.2, 0.25) is 5.91 Å². The zero-order chi connectivity index (χ0) is 26.9. The molecule has 1 amide bonds. The van der Waals surface area contributed by atoms with Crippen LogP contribution < -0.4 is 15.1 Å². The van der Waals surface area contributed by atoms with E-state index in [1.165, 1.54) is 69.2 Å². The van der Waals surface area contributed by atoms with Gasteiger partial charge in [0.25, 0.3) is 0 Å². The number of anilines is 4. The third kappa shape index (κ3) is 5.60. The molecule has 4 heterocycles. The second kappa shape index (κ2) is 11.7. The first-order chi connectivity index (χ1) is 19.7. The minimum Gasteiger partial charge on any atom is -0.379 e. The van der Waals surface area contributed by atoms with Gasteiger partial charge in [0, 0.05) is 62.3 Å². The number of benzene rings is 1. The van der Waals surface area contributed by atoms with Gasteiger partial charge in [-0.25, -0.2) is 4.98 Å². The van der Waals surface area contributed by atoms with E-state index in [0.717, 1.165) is 74.8 Å². The second-order valence-corrected chi connectivity index (χ2v) is 12.9. The SMILES string of the molecule is O=C1CCc2cnc(Nc3ccc(N4CCC(CCCN5CCOCC5)CC4)cc3)cc2N1C1CC2CCC1C2. The number of nitrogens with one attached hydrogen (secondary N) is 1. The van der Waals surface area contributed by atoms with Crippen molar-refractivity contribution in [3.05, 3.63) is 42.1 Å². The van der Waals surface area contributed by atoms with Crippen molar-refractivity contribution in [2.75, 3.05) is 61.1 Å². The molecule has 1 aromatic heterocycles. The number of carbonyl (C=O) groups is 1. The summed E-state index contributed by atoms with van der Waals surface area (Å²) in [5.74, 6) is 3.48. The fraction of sp³-hybridized carbons (Fsp3) is 0.636. The van der Waals surface area contributed by atoms with Gasteiger partial charge < -0.3 is 19.9 Å². The van der Waals surface area contributed by atoms with Crippen LogP contribution in [-0.2, 0) is 16.0 Å². The van der Waals surface area contributed by atoms with Crippen molar-refractivity contribution in [2.24, 2.45) is 17.8 Å². The molecule has 0 radical (unpaired) electrons. The lowest BCUT2D eigenvalue weighted by atomic mass is 9.91. The first-order valence-corrected chi connectivity index (χ1v) is 15.9. The van der Waals surface area contributed by atoms with Gasteiger partial charge in [0.15, 0.2) is 0 Å². The number of ether oxygens (including phenoxy) is 1. The summed E-state index contributed by atoms with van der Waals surface area (Å²) in [4.78, 5) is 25.1. The van der Waals surface area contributed by atoms with Crippen molar-refractivity contribution >= 4 is 28.8 Å². The van der Waals surface area contributed by atoms with Crippen LogP contribution in [0.4, 0.5) is 22.9 Å². The van der Waals surface area contributed by atoms with Crippen molar-refractivity contribution in [3.63, 3.8) is 0 Å². The number of piperidine rings is 1. The van der Waals surface area contributed by atoms with Crippen LogP contribution in [0.5, 0.6) is 0 Å². The van der Waals surface area contributed by atoms with Gasteiger partial charge in [0.05, 0.1) is 18.9 Å². The average molecular weight is 544 g/mol. The van der Waals surface area contributed by atoms with Gasteiger partial charge in [-0.15, -0.1) is 0 Å². The maximum Gasteiger partial charge on any atom is 0.227 e. The number of amides is 1.